The molecule has 0 amide bonds. The fraction of sp³-hybridized carbons (Fsp3) is 0.143. The first-order chi connectivity index (χ1) is 9.16. The first-order valence-corrected chi connectivity index (χ1v) is 5.75. The number of benzene rings is 1. The van der Waals surface area contributed by atoms with Gasteiger partial charge in [-0.05, 0) is 17.7 Å². The highest BCUT2D eigenvalue weighted by atomic mass is 16.5. The second-order valence-electron chi connectivity index (χ2n) is 3.98. The Hall–Kier alpha value is -2.56. The molecule has 0 aliphatic rings. The SMILES string of the molecule is O=C(O)COC(=O)c1cccn1Cc1ccccc1. The van der Waals surface area contributed by atoms with E-state index in [0.717, 1.165) is 5.56 Å². The molecule has 2 rings (SSSR count). The molecule has 0 aliphatic heterocycles. The molecule has 0 fully saturated rings. The number of carbonyl (C=O) groups excluding carboxylic acids is 1. The summed E-state index contributed by atoms with van der Waals surface area (Å²) in [5.74, 6) is -1.81. The minimum atomic E-state index is -1.17. The number of aliphatic carboxylic acids is 1. The van der Waals surface area contributed by atoms with Crippen LogP contribution in [0.3, 0.4) is 0 Å². The van der Waals surface area contributed by atoms with Crippen LogP contribution in [-0.2, 0) is 16.1 Å². The lowest BCUT2D eigenvalue weighted by atomic mass is 10.2. The van der Waals surface area contributed by atoms with Crippen molar-refractivity contribution in [3.8, 4) is 0 Å². The maximum absolute atomic E-state index is 11.7. The van der Waals surface area contributed by atoms with Crippen molar-refractivity contribution in [1.29, 1.82) is 0 Å². The van der Waals surface area contributed by atoms with Gasteiger partial charge in [-0.15, -0.1) is 0 Å². The summed E-state index contributed by atoms with van der Waals surface area (Å²) in [5, 5.41) is 8.48. The number of nitrogens with zero attached hydrogens (tertiary/aromatic N) is 1. The van der Waals surface area contributed by atoms with Crippen molar-refractivity contribution < 1.29 is 19.4 Å². The van der Waals surface area contributed by atoms with Gasteiger partial charge in [0.25, 0.3) is 0 Å². The van der Waals surface area contributed by atoms with Gasteiger partial charge in [-0.1, -0.05) is 30.3 Å². The van der Waals surface area contributed by atoms with Gasteiger partial charge in [-0.2, -0.15) is 0 Å². The molecule has 2 aromatic rings. The van der Waals surface area contributed by atoms with E-state index in [1.54, 1.807) is 22.9 Å². The third-order valence-corrected chi connectivity index (χ3v) is 2.56. The molecule has 5 heteroatoms. The van der Waals surface area contributed by atoms with Crippen molar-refractivity contribution in [3.63, 3.8) is 0 Å². The van der Waals surface area contributed by atoms with Crippen molar-refractivity contribution in [2.75, 3.05) is 6.61 Å². The highest BCUT2D eigenvalue weighted by molar-refractivity contribution is 5.89. The van der Waals surface area contributed by atoms with E-state index in [-0.39, 0.29) is 0 Å². The average Bonchev–Trinajstić information content (AvgIpc) is 2.85. The third kappa shape index (κ3) is 3.45. The van der Waals surface area contributed by atoms with Crippen LogP contribution >= 0.6 is 0 Å². The summed E-state index contributed by atoms with van der Waals surface area (Å²) in [6.45, 7) is -0.0965. The van der Waals surface area contributed by atoms with E-state index in [2.05, 4.69) is 4.74 Å². The molecular formula is C14H13NO4. The van der Waals surface area contributed by atoms with Gasteiger partial charge in [-0.25, -0.2) is 9.59 Å². The number of rotatable bonds is 5. The molecular weight excluding hydrogens is 246 g/mol. The molecule has 98 valence electrons. The van der Waals surface area contributed by atoms with E-state index in [9.17, 15) is 9.59 Å². The molecule has 1 aromatic carbocycles. The minimum absolute atomic E-state index is 0.338. The third-order valence-electron chi connectivity index (χ3n) is 2.56. The summed E-state index contributed by atoms with van der Waals surface area (Å²) in [7, 11) is 0. The Kier molecular flexibility index (Phi) is 3.97. The zero-order chi connectivity index (χ0) is 13.7. The van der Waals surface area contributed by atoms with Crippen molar-refractivity contribution in [2.24, 2.45) is 0 Å². The first-order valence-electron chi connectivity index (χ1n) is 5.75. The van der Waals surface area contributed by atoms with Crippen LogP contribution in [0.4, 0.5) is 0 Å². The molecule has 19 heavy (non-hydrogen) atoms. The van der Waals surface area contributed by atoms with E-state index in [1.807, 2.05) is 30.3 Å². The highest BCUT2D eigenvalue weighted by Crippen LogP contribution is 2.09. The van der Waals surface area contributed by atoms with Crippen LogP contribution in [0.2, 0.25) is 0 Å². The summed E-state index contributed by atoms with van der Waals surface area (Å²) in [6, 6.07) is 13.0. The van der Waals surface area contributed by atoms with E-state index in [1.165, 1.54) is 0 Å². The molecule has 5 nitrogen and oxygen atoms in total. The van der Waals surface area contributed by atoms with Gasteiger partial charge in [0.05, 0.1) is 0 Å². The molecule has 0 bridgehead atoms. The monoisotopic (exact) mass is 259 g/mol. The normalized spacial score (nSPS) is 10.1. The molecule has 1 heterocycles. The maximum Gasteiger partial charge on any atom is 0.355 e. The number of hydrogen-bond donors (Lipinski definition) is 1. The fourth-order valence-corrected chi connectivity index (χ4v) is 1.72. The molecule has 0 unspecified atom stereocenters. The largest absolute Gasteiger partial charge is 0.479 e. The zero-order valence-corrected chi connectivity index (χ0v) is 10.2. The number of esters is 1. The van der Waals surface area contributed by atoms with E-state index in [0.29, 0.717) is 12.2 Å². The Morgan fingerprint density at radius 3 is 2.53 bits per heavy atom. The highest BCUT2D eigenvalue weighted by Gasteiger charge is 2.13. The predicted molar refractivity (Wildman–Crippen MR) is 67.9 cm³/mol. The molecule has 1 N–H and O–H groups in total. The Labute approximate surface area is 110 Å². The van der Waals surface area contributed by atoms with Gasteiger partial charge in [0.2, 0.25) is 0 Å². The topological polar surface area (TPSA) is 68.5 Å². The second-order valence-corrected chi connectivity index (χ2v) is 3.98. The van der Waals surface area contributed by atoms with Gasteiger partial charge < -0.3 is 14.4 Å². The predicted octanol–water partition coefficient (Wildman–Crippen LogP) is 1.78. The number of hydrogen-bond acceptors (Lipinski definition) is 3. The van der Waals surface area contributed by atoms with Crippen molar-refractivity contribution in [1.82, 2.24) is 4.57 Å². The number of aromatic nitrogens is 1. The second kappa shape index (κ2) is 5.86. The Balaban J connectivity index is 2.09. The zero-order valence-electron chi connectivity index (χ0n) is 10.2. The lowest BCUT2D eigenvalue weighted by molar-refractivity contribution is -0.140. The van der Waals surface area contributed by atoms with Crippen molar-refractivity contribution in [2.45, 2.75) is 6.54 Å². The van der Waals surface area contributed by atoms with Crippen LogP contribution in [0.1, 0.15) is 16.1 Å². The van der Waals surface area contributed by atoms with E-state index in [4.69, 9.17) is 5.11 Å². The van der Waals surface area contributed by atoms with Crippen molar-refractivity contribution >= 4 is 11.9 Å². The smallest absolute Gasteiger partial charge is 0.355 e. The number of ether oxygens (including phenoxy) is 1. The molecule has 1 aromatic heterocycles. The number of carbonyl (C=O) groups is 2. The summed E-state index contributed by atoms with van der Waals surface area (Å²) in [4.78, 5) is 22.1. The lowest BCUT2D eigenvalue weighted by Gasteiger charge is -2.08. The maximum atomic E-state index is 11.7. The van der Waals surface area contributed by atoms with Crippen LogP contribution in [-0.4, -0.2) is 28.2 Å². The summed E-state index contributed by atoms with van der Waals surface area (Å²) in [5.41, 5.74) is 1.39. The first kappa shape index (κ1) is 12.9. The number of carboxylic acid groups (broad SMARTS) is 1. The van der Waals surface area contributed by atoms with Crippen molar-refractivity contribution in [3.05, 3.63) is 59.9 Å². The summed E-state index contributed by atoms with van der Waals surface area (Å²) < 4.78 is 6.39. The molecule has 0 aliphatic carbocycles. The molecule has 0 saturated carbocycles. The van der Waals surface area contributed by atoms with Gasteiger partial charge in [0, 0.05) is 12.7 Å². The van der Waals surface area contributed by atoms with Gasteiger partial charge in [-0.3, -0.25) is 0 Å². The van der Waals surface area contributed by atoms with Crippen LogP contribution in [0.5, 0.6) is 0 Å². The van der Waals surface area contributed by atoms with Crippen LogP contribution in [0.15, 0.2) is 48.7 Å². The average molecular weight is 259 g/mol. The lowest BCUT2D eigenvalue weighted by Crippen LogP contribution is -2.16. The quantitative estimate of drug-likeness (QED) is 0.831. The minimum Gasteiger partial charge on any atom is -0.479 e. The fourth-order valence-electron chi connectivity index (χ4n) is 1.72. The Bertz CT molecular complexity index is 574. The number of carboxylic acids is 1. The molecule has 0 spiro atoms. The molecule has 0 saturated heterocycles. The van der Waals surface area contributed by atoms with Gasteiger partial charge in [0.15, 0.2) is 6.61 Å². The van der Waals surface area contributed by atoms with Gasteiger partial charge in [0.1, 0.15) is 5.69 Å². The molecule has 0 atom stereocenters. The standard InChI is InChI=1S/C14H13NO4/c16-13(17)10-19-14(18)12-7-4-8-15(12)9-11-5-2-1-3-6-11/h1-8H,9-10H2,(H,16,17). The van der Waals surface area contributed by atoms with Crippen LogP contribution in [0.25, 0.3) is 0 Å². The van der Waals surface area contributed by atoms with E-state index >= 15 is 0 Å². The van der Waals surface area contributed by atoms with Crippen LogP contribution < -0.4 is 0 Å². The summed E-state index contributed by atoms with van der Waals surface area (Å²) >= 11 is 0. The molecule has 0 radical (unpaired) electrons. The Morgan fingerprint density at radius 2 is 1.84 bits per heavy atom. The Morgan fingerprint density at radius 1 is 1.11 bits per heavy atom. The van der Waals surface area contributed by atoms with Crippen LogP contribution in [0, 0.1) is 0 Å². The van der Waals surface area contributed by atoms with Gasteiger partial charge >= 0.3 is 11.9 Å². The van der Waals surface area contributed by atoms with E-state index < -0.39 is 18.5 Å². The summed E-state index contributed by atoms with van der Waals surface area (Å²) in [6.07, 6.45) is 1.75.